The molecule has 6 heteroatoms. The summed E-state index contributed by atoms with van der Waals surface area (Å²) in [5.74, 6) is 0.854. The van der Waals surface area contributed by atoms with Crippen molar-refractivity contribution in [3.8, 4) is 0 Å². The second kappa shape index (κ2) is 5.61. The second-order valence-corrected chi connectivity index (χ2v) is 6.03. The number of aryl methyl sites for hydroxylation is 1. The van der Waals surface area contributed by atoms with Crippen LogP contribution < -0.4 is 11.1 Å². The Kier molecular flexibility index (Phi) is 4.20. The number of rotatable bonds is 4. The lowest BCUT2D eigenvalue weighted by molar-refractivity contribution is -0.148. The normalized spacial score (nSPS) is 22.0. The molecule has 2 rings (SSSR count). The topological polar surface area (TPSA) is 88.6 Å². The van der Waals surface area contributed by atoms with Crippen molar-refractivity contribution >= 4 is 11.8 Å². The van der Waals surface area contributed by atoms with Gasteiger partial charge in [0.25, 0.3) is 0 Å². The summed E-state index contributed by atoms with van der Waals surface area (Å²) in [6, 6.07) is 3.19. The largest absolute Gasteiger partial charge is 0.465 e. The molecule has 0 spiro atoms. The van der Waals surface area contributed by atoms with Crippen molar-refractivity contribution in [1.29, 1.82) is 0 Å². The lowest BCUT2D eigenvalue weighted by Gasteiger charge is -2.45. The van der Waals surface area contributed by atoms with E-state index in [1.807, 2.05) is 30.9 Å². The molecule has 6 nitrogen and oxygen atoms in total. The molecule has 2 unspecified atom stereocenters. The van der Waals surface area contributed by atoms with Crippen molar-refractivity contribution < 1.29 is 14.0 Å². The van der Waals surface area contributed by atoms with Gasteiger partial charge in [0.15, 0.2) is 0 Å². The van der Waals surface area contributed by atoms with Crippen molar-refractivity contribution in [3.05, 3.63) is 23.7 Å². The van der Waals surface area contributed by atoms with Crippen LogP contribution in [-0.2, 0) is 9.59 Å². The van der Waals surface area contributed by atoms with Gasteiger partial charge >= 0.3 is 0 Å². The van der Waals surface area contributed by atoms with E-state index in [0.29, 0.717) is 12.2 Å². The van der Waals surface area contributed by atoms with E-state index in [-0.39, 0.29) is 30.4 Å². The molecule has 0 aliphatic carbocycles. The molecule has 3 N–H and O–H groups in total. The molecule has 2 amide bonds. The molecule has 0 radical (unpaired) electrons. The molecule has 2 atom stereocenters. The number of nitrogens with one attached hydrogen (secondary N) is 1. The molecule has 116 valence electrons. The van der Waals surface area contributed by atoms with E-state index < -0.39 is 5.54 Å². The monoisotopic (exact) mass is 293 g/mol. The third-order valence-electron chi connectivity index (χ3n) is 4.11. The van der Waals surface area contributed by atoms with Crippen LogP contribution in [0.4, 0.5) is 0 Å². The summed E-state index contributed by atoms with van der Waals surface area (Å²) in [6.07, 6.45) is 0.715. The SMILES string of the molecule is CCC(N)C(c1ccc(C)o1)N1CC(=O)NC(=O)C1(C)C. The van der Waals surface area contributed by atoms with Crippen LogP contribution in [0.5, 0.6) is 0 Å². The Bertz CT molecular complexity index is 550. The molecule has 1 saturated heterocycles. The average molecular weight is 293 g/mol. The number of furan rings is 1. The summed E-state index contributed by atoms with van der Waals surface area (Å²) in [7, 11) is 0. The zero-order valence-electron chi connectivity index (χ0n) is 13.0. The Hall–Kier alpha value is -1.66. The van der Waals surface area contributed by atoms with E-state index >= 15 is 0 Å². The van der Waals surface area contributed by atoms with Gasteiger partial charge < -0.3 is 10.2 Å². The first kappa shape index (κ1) is 15.7. The summed E-state index contributed by atoms with van der Waals surface area (Å²) >= 11 is 0. The van der Waals surface area contributed by atoms with Crippen molar-refractivity contribution in [2.24, 2.45) is 5.73 Å². The summed E-state index contributed by atoms with van der Waals surface area (Å²) < 4.78 is 5.72. The first-order valence-corrected chi connectivity index (χ1v) is 7.20. The van der Waals surface area contributed by atoms with Crippen molar-refractivity contribution in [3.63, 3.8) is 0 Å². The third kappa shape index (κ3) is 2.87. The highest BCUT2D eigenvalue weighted by molar-refractivity contribution is 6.03. The van der Waals surface area contributed by atoms with Crippen LogP contribution in [0.2, 0.25) is 0 Å². The fourth-order valence-corrected chi connectivity index (χ4v) is 2.68. The van der Waals surface area contributed by atoms with Crippen LogP contribution in [0.1, 0.15) is 44.8 Å². The fourth-order valence-electron chi connectivity index (χ4n) is 2.68. The van der Waals surface area contributed by atoms with Gasteiger partial charge in [0, 0.05) is 6.04 Å². The summed E-state index contributed by atoms with van der Waals surface area (Å²) in [5.41, 5.74) is 5.43. The first-order valence-electron chi connectivity index (χ1n) is 7.20. The summed E-state index contributed by atoms with van der Waals surface area (Å²) in [5, 5.41) is 2.38. The van der Waals surface area contributed by atoms with Crippen molar-refractivity contribution in [2.75, 3.05) is 6.54 Å². The van der Waals surface area contributed by atoms with Gasteiger partial charge in [-0.3, -0.25) is 19.8 Å². The molecule has 0 saturated carbocycles. The van der Waals surface area contributed by atoms with Crippen LogP contribution in [0.25, 0.3) is 0 Å². The van der Waals surface area contributed by atoms with Gasteiger partial charge in [0.2, 0.25) is 11.8 Å². The number of hydrogen-bond acceptors (Lipinski definition) is 5. The quantitative estimate of drug-likeness (QED) is 0.812. The molecule has 1 aromatic rings. The molecule has 21 heavy (non-hydrogen) atoms. The van der Waals surface area contributed by atoms with Crippen LogP contribution in [0.15, 0.2) is 16.5 Å². The molecular weight excluding hydrogens is 270 g/mol. The van der Waals surface area contributed by atoms with Gasteiger partial charge in [-0.05, 0) is 39.3 Å². The molecule has 1 aromatic heterocycles. The summed E-state index contributed by atoms with van der Waals surface area (Å²) in [4.78, 5) is 25.8. The minimum Gasteiger partial charge on any atom is -0.465 e. The van der Waals surface area contributed by atoms with Crippen LogP contribution in [0, 0.1) is 6.92 Å². The number of imide groups is 1. The van der Waals surface area contributed by atoms with E-state index in [4.69, 9.17) is 10.2 Å². The zero-order valence-corrected chi connectivity index (χ0v) is 13.0. The predicted molar refractivity (Wildman–Crippen MR) is 78.4 cm³/mol. The predicted octanol–water partition coefficient (Wildman–Crippen LogP) is 1.10. The maximum absolute atomic E-state index is 12.1. The smallest absolute Gasteiger partial charge is 0.246 e. The van der Waals surface area contributed by atoms with E-state index in [0.717, 1.165) is 5.76 Å². The minimum atomic E-state index is -0.827. The lowest BCUT2D eigenvalue weighted by atomic mass is 9.91. The van der Waals surface area contributed by atoms with Gasteiger partial charge in [0.05, 0.1) is 18.1 Å². The molecule has 0 aromatic carbocycles. The minimum absolute atomic E-state index is 0.122. The molecule has 1 fully saturated rings. The maximum atomic E-state index is 12.1. The average Bonchev–Trinajstić information content (AvgIpc) is 2.82. The Labute approximate surface area is 124 Å². The number of amides is 2. The number of hydrogen-bond donors (Lipinski definition) is 2. The fraction of sp³-hybridized carbons (Fsp3) is 0.600. The van der Waals surface area contributed by atoms with Gasteiger partial charge in [0.1, 0.15) is 11.5 Å². The van der Waals surface area contributed by atoms with Gasteiger partial charge in [-0.25, -0.2) is 0 Å². The number of nitrogens with two attached hydrogens (primary N) is 1. The van der Waals surface area contributed by atoms with Crippen LogP contribution >= 0.6 is 0 Å². The van der Waals surface area contributed by atoms with Gasteiger partial charge in [-0.15, -0.1) is 0 Å². The van der Waals surface area contributed by atoms with E-state index in [1.54, 1.807) is 13.8 Å². The molecule has 0 bridgehead atoms. The molecule has 1 aliphatic rings. The number of carbonyl (C=O) groups excluding carboxylic acids is 2. The highest BCUT2D eigenvalue weighted by Crippen LogP contribution is 2.33. The molecular formula is C15H23N3O3. The highest BCUT2D eigenvalue weighted by Gasteiger charge is 2.46. The second-order valence-electron chi connectivity index (χ2n) is 6.03. The molecule has 2 heterocycles. The van der Waals surface area contributed by atoms with Gasteiger partial charge in [-0.1, -0.05) is 6.92 Å². The standard InChI is InChI=1S/C15H23N3O3/c1-5-10(16)13(11-7-6-9(2)21-11)18-8-12(19)17-14(20)15(18,3)4/h6-7,10,13H,5,8,16H2,1-4H3,(H,17,19,20). The number of carbonyl (C=O) groups is 2. The Morgan fingerprint density at radius 2 is 2.10 bits per heavy atom. The Morgan fingerprint density at radius 3 is 2.62 bits per heavy atom. The van der Waals surface area contributed by atoms with Crippen molar-refractivity contribution in [2.45, 2.75) is 51.7 Å². The number of nitrogens with zero attached hydrogens (tertiary/aromatic N) is 1. The maximum Gasteiger partial charge on any atom is 0.246 e. The Balaban J connectivity index is 2.44. The number of piperazine rings is 1. The first-order chi connectivity index (χ1) is 9.77. The van der Waals surface area contributed by atoms with E-state index in [1.165, 1.54) is 0 Å². The van der Waals surface area contributed by atoms with Crippen LogP contribution in [-0.4, -0.2) is 34.8 Å². The zero-order chi connectivity index (χ0) is 15.8. The Morgan fingerprint density at radius 1 is 1.43 bits per heavy atom. The van der Waals surface area contributed by atoms with E-state index in [9.17, 15) is 9.59 Å². The van der Waals surface area contributed by atoms with Crippen molar-refractivity contribution in [1.82, 2.24) is 10.2 Å². The van der Waals surface area contributed by atoms with Crippen LogP contribution in [0.3, 0.4) is 0 Å². The van der Waals surface area contributed by atoms with Gasteiger partial charge in [-0.2, -0.15) is 0 Å². The molecule has 1 aliphatic heterocycles. The lowest BCUT2D eigenvalue weighted by Crippen LogP contribution is -2.66. The van der Waals surface area contributed by atoms with E-state index in [2.05, 4.69) is 5.32 Å². The highest BCUT2D eigenvalue weighted by atomic mass is 16.3. The third-order valence-corrected chi connectivity index (χ3v) is 4.11. The summed E-state index contributed by atoms with van der Waals surface area (Å²) in [6.45, 7) is 7.54.